The van der Waals surface area contributed by atoms with Gasteiger partial charge >= 0.3 is 0 Å². The number of nitrogens with one attached hydrogen (secondary N) is 1. The van der Waals surface area contributed by atoms with Crippen LogP contribution in [0, 0.1) is 12.8 Å². The zero-order valence-corrected chi connectivity index (χ0v) is 17.5. The standard InChI is InChI=1S/C21H31N5S/c1-17-24-20(16-27-17)15-25(3)21(22-2)23-13-19-10-12-26(14-19)11-9-18-7-5-4-6-8-18/h4-8,16,19H,9-15H2,1-3H3,(H,22,23). The third kappa shape index (κ3) is 6.04. The molecule has 146 valence electrons. The van der Waals surface area contributed by atoms with Crippen molar-refractivity contribution < 1.29 is 0 Å². The van der Waals surface area contributed by atoms with Crippen LogP contribution in [-0.2, 0) is 13.0 Å². The largest absolute Gasteiger partial charge is 0.356 e. The fraction of sp³-hybridized carbons (Fsp3) is 0.524. The van der Waals surface area contributed by atoms with Gasteiger partial charge in [0, 0.05) is 39.1 Å². The van der Waals surface area contributed by atoms with Gasteiger partial charge in [-0.3, -0.25) is 4.99 Å². The third-order valence-corrected chi connectivity index (χ3v) is 5.94. The van der Waals surface area contributed by atoms with E-state index in [1.165, 1.54) is 25.1 Å². The van der Waals surface area contributed by atoms with E-state index in [0.29, 0.717) is 5.92 Å². The Morgan fingerprint density at radius 3 is 2.89 bits per heavy atom. The molecule has 0 bridgehead atoms. The van der Waals surface area contributed by atoms with E-state index in [-0.39, 0.29) is 0 Å². The van der Waals surface area contributed by atoms with Crippen molar-refractivity contribution in [1.82, 2.24) is 20.1 Å². The Labute approximate surface area is 167 Å². The van der Waals surface area contributed by atoms with Crippen molar-refractivity contribution >= 4 is 17.3 Å². The molecule has 0 aliphatic carbocycles. The van der Waals surface area contributed by atoms with Crippen LogP contribution in [0.3, 0.4) is 0 Å². The Kier molecular flexibility index (Phi) is 7.24. The SMILES string of the molecule is CN=C(NCC1CCN(CCc2ccccc2)C1)N(C)Cc1csc(C)n1. The average Bonchev–Trinajstić information content (AvgIpc) is 3.30. The van der Waals surface area contributed by atoms with Crippen molar-refractivity contribution in [3.63, 3.8) is 0 Å². The fourth-order valence-electron chi connectivity index (χ4n) is 3.63. The molecule has 1 aromatic carbocycles. The van der Waals surface area contributed by atoms with Crippen molar-refractivity contribution in [3.8, 4) is 0 Å². The molecule has 1 saturated heterocycles. The van der Waals surface area contributed by atoms with Crippen molar-refractivity contribution in [1.29, 1.82) is 0 Å². The predicted octanol–water partition coefficient (Wildman–Crippen LogP) is 3.02. The summed E-state index contributed by atoms with van der Waals surface area (Å²) >= 11 is 1.70. The second-order valence-electron chi connectivity index (χ2n) is 7.33. The van der Waals surface area contributed by atoms with E-state index in [0.717, 1.165) is 42.7 Å². The van der Waals surface area contributed by atoms with Crippen LogP contribution in [0.15, 0.2) is 40.7 Å². The minimum Gasteiger partial charge on any atom is -0.356 e. The maximum atomic E-state index is 4.55. The first-order valence-electron chi connectivity index (χ1n) is 9.73. The van der Waals surface area contributed by atoms with Crippen LogP contribution < -0.4 is 5.32 Å². The van der Waals surface area contributed by atoms with E-state index in [2.05, 4.69) is 67.9 Å². The zero-order valence-electron chi connectivity index (χ0n) is 16.7. The van der Waals surface area contributed by atoms with Gasteiger partial charge in [-0.25, -0.2) is 4.98 Å². The molecule has 0 spiro atoms. The van der Waals surface area contributed by atoms with Gasteiger partial charge in [-0.2, -0.15) is 0 Å². The van der Waals surface area contributed by atoms with Gasteiger partial charge in [0.15, 0.2) is 5.96 Å². The highest BCUT2D eigenvalue weighted by Gasteiger charge is 2.22. The molecule has 2 aromatic rings. The first-order valence-corrected chi connectivity index (χ1v) is 10.6. The minimum atomic E-state index is 0.687. The van der Waals surface area contributed by atoms with Gasteiger partial charge in [-0.1, -0.05) is 30.3 Å². The lowest BCUT2D eigenvalue weighted by Crippen LogP contribution is -2.41. The van der Waals surface area contributed by atoms with Gasteiger partial charge in [0.2, 0.25) is 0 Å². The zero-order chi connectivity index (χ0) is 19.1. The molecular weight excluding hydrogens is 354 g/mol. The first kappa shape index (κ1) is 19.8. The first-order chi connectivity index (χ1) is 13.1. The smallest absolute Gasteiger partial charge is 0.193 e. The van der Waals surface area contributed by atoms with E-state index < -0.39 is 0 Å². The van der Waals surface area contributed by atoms with E-state index in [1.807, 2.05) is 14.0 Å². The lowest BCUT2D eigenvalue weighted by molar-refractivity contribution is 0.327. The molecule has 0 radical (unpaired) electrons. The van der Waals surface area contributed by atoms with Crippen LogP contribution in [0.2, 0.25) is 0 Å². The van der Waals surface area contributed by atoms with Gasteiger partial charge in [-0.05, 0) is 37.8 Å². The Hall–Kier alpha value is -1.92. The van der Waals surface area contributed by atoms with E-state index >= 15 is 0 Å². The highest BCUT2D eigenvalue weighted by molar-refractivity contribution is 7.09. The van der Waals surface area contributed by atoms with Gasteiger partial charge in [0.1, 0.15) is 0 Å². The lowest BCUT2D eigenvalue weighted by Gasteiger charge is -2.23. The minimum absolute atomic E-state index is 0.687. The number of hydrogen-bond acceptors (Lipinski definition) is 4. The van der Waals surface area contributed by atoms with Crippen molar-refractivity contribution in [2.24, 2.45) is 10.9 Å². The number of rotatable bonds is 7. The highest BCUT2D eigenvalue weighted by Crippen LogP contribution is 2.16. The monoisotopic (exact) mass is 385 g/mol. The molecule has 1 aliphatic heterocycles. The quantitative estimate of drug-likeness (QED) is 0.588. The molecule has 2 heterocycles. The Morgan fingerprint density at radius 1 is 1.37 bits per heavy atom. The molecule has 1 aliphatic rings. The molecule has 1 N–H and O–H groups in total. The number of benzene rings is 1. The number of aryl methyl sites for hydroxylation is 1. The summed E-state index contributed by atoms with van der Waals surface area (Å²) in [7, 11) is 3.93. The highest BCUT2D eigenvalue weighted by atomic mass is 32.1. The molecule has 5 nitrogen and oxygen atoms in total. The van der Waals surface area contributed by atoms with Gasteiger partial charge in [0.05, 0.1) is 17.2 Å². The topological polar surface area (TPSA) is 43.8 Å². The maximum Gasteiger partial charge on any atom is 0.193 e. The van der Waals surface area contributed by atoms with E-state index in [4.69, 9.17) is 0 Å². The predicted molar refractivity (Wildman–Crippen MR) is 114 cm³/mol. The van der Waals surface area contributed by atoms with Crippen LogP contribution in [0.5, 0.6) is 0 Å². The van der Waals surface area contributed by atoms with Crippen LogP contribution in [-0.4, -0.2) is 61.0 Å². The molecule has 0 amide bonds. The van der Waals surface area contributed by atoms with Crippen LogP contribution in [0.4, 0.5) is 0 Å². The van der Waals surface area contributed by atoms with Crippen LogP contribution in [0.25, 0.3) is 0 Å². The molecule has 6 heteroatoms. The summed E-state index contributed by atoms with van der Waals surface area (Å²) < 4.78 is 0. The molecule has 1 fully saturated rings. The van der Waals surface area contributed by atoms with E-state index in [9.17, 15) is 0 Å². The van der Waals surface area contributed by atoms with Crippen molar-refractivity contribution in [3.05, 3.63) is 52.0 Å². The molecule has 0 saturated carbocycles. The molecule has 1 aromatic heterocycles. The summed E-state index contributed by atoms with van der Waals surface area (Å²) in [5.41, 5.74) is 2.54. The van der Waals surface area contributed by atoms with Crippen molar-refractivity contribution in [2.75, 3.05) is 40.3 Å². The molecular formula is C21H31N5S. The number of thiazole rings is 1. The van der Waals surface area contributed by atoms with Gasteiger partial charge in [-0.15, -0.1) is 11.3 Å². The molecule has 1 atom stereocenters. The number of aliphatic imine (C=N–C) groups is 1. The maximum absolute atomic E-state index is 4.55. The summed E-state index contributed by atoms with van der Waals surface area (Å²) in [6.45, 7) is 7.34. The van der Waals surface area contributed by atoms with Gasteiger partial charge < -0.3 is 15.1 Å². The average molecular weight is 386 g/mol. The Morgan fingerprint density at radius 2 is 2.19 bits per heavy atom. The number of aromatic nitrogens is 1. The molecule has 27 heavy (non-hydrogen) atoms. The Bertz CT molecular complexity index is 727. The molecule has 1 unspecified atom stereocenters. The number of nitrogens with zero attached hydrogens (tertiary/aromatic N) is 4. The number of likely N-dealkylation sites (tertiary alicyclic amines) is 1. The van der Waals surface area contributed by atoms with Crippen LogP contribution >= 0.6 is 11.3 Å². The second-order valence-corrected chi connectivity index (χ2v) is 8.40. The second kappa shape index (κ2) is 9.85. The summed E-state index contributed by atoms with van der Waals surface area (Å²) in [5, 5.41) is 6.80. The summed E-state index contributed by atoms with van der Waals surface area (Å²) in [4.78, 5) is 13.7. The lowest BCUT2D eigenvalue weighted by atomic mass is 10.1. The summed E-state index contributed by atoms with van der Waals surface area (Å²) in [5.74, 6) is 1.64. The third-order valence-electron chi connectivity index (χ3n) is 5.12. The summed E-state index contributed by atoms with van der Waals surface area (Å²) in [6.07, 6.45) is 2.40. The van der Waals surface area contributed by atoms with Crippen molar-refractivity contribution in [2.45, 2.75) is 26.3 Å². The number of hydrogen-bond donors (Lipinski definition) is 1. The summed E-state index contributed by atoms with van der Waals surface area (Å²) in [6, 6.07) is 10.8. The normalized spacial score (nSPS) is 18.0. The molecule has 3 rings (SSSR count). The van der Waals surface area contributed by atoms with Crippen LogP contribution in [0.1, 0.15) is 22.7 Å². The Balaban J connectivity index is 1.40. The van der Waals surface area contributed by atoms with Gasteiger partial charge in [0.25, 0.3) is 0 Å². The fourth-order valence-corrected chi connectivity index (χ4v) is 4.24. The van der Waals surface area contributed by atoms with E-state index in [1.54, 1.807) is 11.3 Å². The number of guanidine groups is 1.